The first-order valence-corrected chi connectivity index (χ1v) is 4.83. The predicted molar refractivity (Wildman–Crippen MR) is 58.2 cm³/mol. The highest BCUT2D eigenvalue weighted by Gasteiger charge is 2.36. The number of amides is 1. The van der Waals surface area contributed by atoms with Gasteiger partial charge >= 0.3 is 0 Å². The molecule has 6 nitrogen and oxygen atoms in total. The summed E-state index contributed by atoms with van der Waals surface area (Å²) in [5.41, 5.74) is 6.56. The van der Waals surface area contributed by atoms with Gasteiger partial charge < -0.3 is 10.6 Å². The van der Waals surface area contributed by atoms with E-state index in [1.54, 1.807) is 19.1 Å². The van der Waals surface area contributed by atoms with Crippen LogP contribution in [0, 0.1) is 17.0 Å². The number of carbonyl (C=O) groups excluding carboxylic acids is 1. The van der Waals surface area contributed by atoms with E-state index in [1.807, 2.05) is 0 Å². The van der Waals surface area contributed by atoms with Crippen LogP contribution in [0.1, 0.15) is 5.56 Å². The van der Waals surface area contributed by atoms with Crippen LogP contribution in [0.3, 0.4) is 0 Å². The molecule has 1 aromatic carbocycles. The summed E-state index contributed by atoms with van der Waals surface area (Å²) in [5, 5.41) is 10.7. The first-order chi connectivity index (χ1) is 7.52. The Hall–Kier alpha value is -1.95. The number of nitrogens with two attached hydrogens (primary N) is 1. The molecule has 0 radical (unpaired) electrons. The summed E-state index contributed by atoms with van der Waals surface area (Å²) in [6.45, 7) is 2.05. The molecule has 1 aliphatic rings. The predicted octanol–water partition coefficient (Wildman–Crippen LogP) is 0.577. The van der Waals surface area contributed by atoms with E-state index in [-0.39, 0.29) is 11.6 Å². The Balaban J connectivity index is 2.39. The summed E-state index contributed by atoms with van der Waals surface area (Å²) in [4.78, 5) is 23.2. The third kappa shape index (κ3) is 1.43. The summed E-state index contributed by atoms with van der Waals surface area (Å²) in [6.07, 6.45) is 0. The second-order valence-corrected chi connectivity index (χ2v) is 3.73. The molecule has 0 aliphatic carbocycles. The summed E-state index contributed by atoms with van der Waals surface area (Å²) in [5.74, 6) is -0.191. The minimum Gasteiger partial charge on any atom is -0.318 e. The molecule has 2 N–H and O–H groups in total. The number of β-lactam (4-membered cyclic amide) rings is 1. The van der Waals surface area contributed by atoms with Gasteiger partial charge in [0.15, 0.2) is 0 Å². The van der Waals surface area contributed by atoms with Crippen molar-refractivity contribution in [2.24, 2.45) is 5.73 Å². The molecular weight excluding hydrogens is 210 g/mol. The van der Waals surface area contributed by atoms with Crippen molar-refractivity contribution in [3.8, 4) is 0 Å². The topological polar surface area (TPSA) is 89.5 Å². The van der Waals surface area contributed by atoms with Crippen molar-refractivity contribution < 1.29 is 9.72 Å². The second-order valence-electron chi connectivity index (χ2n) is 3.73. The molecule has 0 spiro atoms. The molecule has 1 saturated heterocycles. The van der Waals surface area contributed by atoms with Crippen LogP contribution in [-0.4, -0.2) is 23.4 Å². The van der Waals surface area contributed by atoms with E-state index < -0.39 is 11.0 Å². The molecule has 1 amide bonds. The molecule has 1 aliphatic heterocycles. The summed E-state index contributed by atoms with van der Waals surface area (Å²) in [6, 6.07) is 4.20. The third-order valence-corrected chi connectivity index (χ3v) is 2.73. The number of rotatable bonds is 2. The summed E-state index contributed by atoms with van der Waals surface area (Å²) >= 11 is 0. The minimum absolute atomic E-state index is 0.0192. The van der Waals surface area contributed by atoms with Crippen molar-refractivity contribution in [2.75, 3.05) is 11.4 Å². The van der Waals surface area contributed by atoms with Gasteiger partial charge in [0.2, 0.25) is 5.91 Å². The fourth-order valence-corrected chi connectivity index (χ4v) is 1.77. The highest BCUT2D eigenvalue weighted by molar-refractivity contribution is 6.04. The zero-order chi connectivity index (χ0) is 11.9. The fourth-order valence-electron chi connectivity index (χ4n) is 1.77. The number of nitro benzene ring substituents is 1. The van der Waals surface area contributed by atoms with Gasteiger partial charge in [-0.25, -0.2) is 0 Å². The van der Waals surface area contributed by atoms with Gasteiger partial charge in [0, 0.05) is 6.07 Å². The highest BCUT2D eigenvalue weighted by atomic mass is 16.6. The fraction of sp³-hybridized carbons (Fsp3) is 0.300. The van der Waals surface area contributed by atoms with Crippen LogP contribution < -0.4 is 10.6 Å². The molecular formula is C10H11N3O3. The van der Waals surface area contributed by atoms with Gasteiger partial charge in [0.25, 0.3) is 5.69 Å². The number of nitro groups is 1. The molecule has 1 heterocycles. The molecule has 84 valence electrons. The average molecular weight is 221 g/mol. The van der Waals surface area contributed by atoms with Crippen molar-refractivity contribution in [2.45, 2.75) is 13.0 Å². The Labute approximate surface area is 91.8 Å². The number of hydrogen-bond acceptors (Lipinski definition) is 4. The first-order valence-electron chi connectivity index (χ1n) is 4.83. The Morgan fingerprint density at radius 1 is 1.56 bits per heavy atom. The van der Waals surface area contributed by atoms with Gasteiger partial charge in [-0.2, -0.15) is 0 Å². The van der Waals surface area contributed by atoms with Gasteiger partial charge in [0.1, 0.15) is 6.04 Å². The first kappa shape index (κ1) is 10.6. The van der Waals surface area contributed by atoms with Crippen LogP contribution in [0.4, 0.5) is 11.4 Å². The van der Waals surface area contributed by atoms with Crippen molar-refractivity contribution in [3.05, 3.63) is 33.9 Å². The van der Waals surface area contributed by atoms with Crippen LogP contribution in [0.25, 0.3) is 0 Å². The van der Waals surface area contributed by atoms with Crippen molar-refractivity contribution in [1.82, 2.24) is 0 Å². The van der Waals surface area contributed by atoms with Gasteiger partial charge in [0.05, 0.1) is 22.7 Å². The van der Waals surface area contributed by atoms with E-state index in [0.717, 1.165) is 0 Å². The van der Waals surface area contributed by atoms with Crippen LogP contribution in [-0.2, 0) is 4.79 Å². The van der Waals surface area contributed by atoms with Crippen LogP contribution >= 0.6 is 0 Å². The Kier molecular flexibility index (Phi) is 2.35. The monoisotopic (exact) mass is 221 g/mol. The standard InChI is InChI=1S/C10H11N3O3/c1-6-8(12-5-7(11)10(12)14)3-2-4-9(6)13(15)16/h2-4,7H,5,11H2,1H3. The molecule has 0 saturated carbocycles. The highest BCUT2D eigenvalue weighted by Crippen LogP contribution is 2.30. The third-order valence-electron chi connectivity index (χ3n) is 2.73. The normalized spacial score (nSPS) is 19.5. The lowest BCUT2D eigenvalue weighted by atomic mass is 10.0. The number of nitrogens with zero attached hydrogens (tertiary/aromatic N) is 2. The molecule has 0 bridgehead atoms. The van der Waals surface area contributed by atoms with Crippen molar-refractivity contribution in [3.63, 3.8) is 0 Å². The molecule has 0 aromatic heterocycles. The van der Waals surface area contributed by atoms with Gasteiger partial charge in [-0.15, -0.1) is 0 Å². The zero-order valence-corrected chi connectivity index (χ0v) is 8.71. The van der Waals surface area contributed by atoms with Gasteiger partial charge in [-0.3, -0.25) is 14.9 Å². The quantitative estimate of drug-likeness (QED) is 0.449. The van der Waals surface area contributed by atoms with Gasteiger partial charge in [-0.1, -0.05) is 6.07 Å². The van der Waals surface area contributed by atoms with E-state index in [2.05, 4.69) is 0 Å². The minimum atomic E-state index is -0.473. The van der Waals surface area contributed by atoms with Crippen LogP contribution in [0.15, 0.2) is 18.2 Å². The number of benzene rings is 1. The summed E-state index contributed by atoms with van der Waals surface area (Å²) in [7, 11) is 0. The van der Waals surface area contributed by atoms with Crippen molar-refractivity contribution >= 4 is 17.3 Å². The molecule has 1 fully saturated rings. The molecule has 1 unspecified atom stereocenters. The van der Waals surface area contributed by atoms with E-state index >= 15 is 0 Å². The van der Waals surface area contributed by atoms with E-state index in [0.29, 0.717) is 17.8 Å². The van der Waals surface area contributed by atoms with Crippen molar-refractivity contribution in [1.29, 1.82) is 0 Å². The van der Waals surface area contributed by atoms with E-state index in [4.69, 9.17) is 5.73 Å². The number of hydrogen-bond donors (Lipinski definition) is 1. The largest absolute Gasteiger partial charge is 0.318 e. The smallest absolute Gasteiger partial charge is 0.274 e. The number of carbonyl (C=O) groups is 1. The molecule has 6 heteroatoms. The molecule has 2 rings (SSSR count). The number of anilines is 1. The molecule has 1 aromatic rings. The zero-order valence-electron chi connectivity index (χ0n) is 8.71. The SMILES string of the molecule is Cc1c(N2CC(N)C2=O)cccc1[N+](=O)[O-]. The Morgan fingerprint density at radius 3 is 2.75 bits per heavy atom. The molecule has 16 heavy (non-hydrogen) atoms. The lowest BCUT2D eigenvalue weighted by Gasteiger charge is -2.36. The maximum absolute atomic E-state index is 11.4. The molecule has 1 atom stereocenters. The van der Waals surface area contributed by atoms with E-state index in [9.17, 15) is 14.9 Å². The maximum Gasteiger partial charge on any atom is 0.274 e. The second kappa shape index (κ2) is 3.57. The Bertz CT molecular complexity index is 472. The lowest BCUT2D eigenvalue weighted by Crippen LogP contribution is -2.61. The van der Waals surface area contributed by atoms with Crippen LogP contribution in [0.5, 0.6) is 0 Å². The Morgan fingerprint density at radius 2 is 2.25 bits per heavy atom. The van der Waals surface area contributed by atoms with E-state index in [1.165, 1.54) is 11.0 Å². The lowest BCUT2D eigenvalue weighted by molar-refractivity contribution is -0.385. The average Bonchev–Trinajstić information content (AvgIpc) is 2.26. The van der Waals surface area contributed by atoms with Gasteiger partial charge in [-0.05, 0) is 13.0 Å². The summed E-state index contributed by atoms with van der Waals surface area (Å²) < 4.78 is 0. The van der Waals surface area contributed by atoms with Crippen LogP contribution in [0.2, 0.25) is 0 Å². The maximum atomic E-state index is 11.4.